The van der Waals surface area contributed by atoms with E-state index < -0.39 is 87.1 Å². The lowest BCUT2D eigenvalue weighted by atomic mass is 9.84. The second-order valence-electron chi connectivity index (χ2n) is 10.5. The molecule has 46 heavy (non-hydrogen) atoms. The average Bonchev–Trinajstić information content (AvgIpc) is 3.38. The van der Waals surface area contributed by atoms with Crippen molar-refractivity contribution in [1.29, 1.82) is 0 Å². The molecule has 21 heteroatoms. The molecule has 0 saturated carbocycles. The zero-order chi connectivity index (χ0) is 34.6. The number of carbonyl (C=O) groups is 5. The molecule has 0 bridgehead atoms. The van der Waals surface area contributed by atoms with Gasteiger partial charge in [0.2, 0.25) is 22.8 Å². The Bertz CT molecular complexity index is 1750. The van der Waals surface area contributed by atoms with E-state index in [1.807, 2.05) is 0 Å². The van der Waals surface area contributed by atoms with Crippen molar-refractivity contribution in [2.24, 2.45) is 11.1 Å². The van der Waals surface area contributed by atoms with Crippen molar-refractivity contribution in [3.8, 4) is 5.75 Å². The number of nitrogen functional groups attached to an aromatic ring is 1. The largest absolute Gasteiger partial charge is 0.503 e. The number of hydrogen-bond acceptors (Lipinski definition) is 15. The van der Waals surface area contributed by atoms with Crippen molar-refractivity contribution in [3.63, 3.8) is 0 Å². The number of carboxylic acid groups (broad SMARTS) is 1. The number of nitrogens with one attached hydrogen (secondary N) is 1. The molecule has 2 aromatic heterocycles. The highest BCUT2D eigenvalue weighted by atomic mass is 32.2. The monoisotopic (exact) mass is 686 g/mol. The number of rotatable bonds is 16. The first-order valence-corrected chi connectivity index (χ1v) is 15.6. The van der Waals surface area contributed by atoms with Gasteiger partial charge in [-0.25, -0.2) is 14.1 Å². The fraction of sp³-hybridized carbons (Fsp3) is 0.440. The highest BCUT2D eigenvalue weighted by Gasteiger charge is 2.54. The summed E-state index contributed by atoms with van der Waals surface area (Å²) in [5.74, 6) is -6.72. The molecule has 0 aliphatic carbocycles. The van der Waals surface area contributed by atoms with Gasteiger partial charge in [0.15, 0.2) is 22.4 Å². The van der Waals surface area contributed by atoms with Gasteiger partial charge in [-0.15, -0.1) is 11.3 Å². The normalized spacial score (nSPS) is 16.9. The van der Waals surface area contributed by atoms with E-state index in [0.717, 1.165) is 37.4 Å². The lowest BCUT2D eigenvalue weighted by Gasteiger charge is -2.44. The van der Waals surface area contributed by atoms with Crippen LogP contribution in [-0.4, -0.2) is 95.7 Å². The summed E-state index contributed by atoms with van der Waals surface area (Å²) in [6, 6.07) is -0.470. The molecule has 7 N–H and O–H groups in total. The van der Waals surface area contributed by atoms with Gasteiger partial charge in [0.25, 0.3) is 0 Å². The minimum absolute atomic E-state index is 0.0262. The maximum atomic E-state index is 13.2. The second-order valence-corrected chi connectivity index (χ2v) is 12.7. The van der Waals surface area contributed by atoms with Crippen LogP contribution in [0.2, 0.25) is 0 Å². The number of amides is 2. The Morgan fingerprint density at radius 3 is 2.46 bits per heavy atom. The van der Waals surface area contributed by atoms with Gasteiger partial charge in [0, 0.05) is 43.7 Å². The molecule has 2 atom stereocenters. The molecule has 1 aliphatic rings. The topological polar surface area (TPSA) is 298 Å². The van der Waals surface area contributed by atoms with Crippen molar-refractivity contribution < 1.29 is 57.2 Å². The molecule has 1 saturated heterocycles. The van der Waals surface area contributed by atoms with Gasteiger partial charge >= 0.3 is 16.3 Å². The number of pyridine rings is 1. The highest BCUT2D eigenvalue weighted by Crippen LogP contribution is 2.32. The maximum Gasteiger partial charge on any atom is 0.362 e. The standard InChI is InChI=1S/C25H30N6O13S2/c1-25(2,23(38)39)44-29-21(15-11-45-24(26)28-15)18(34)8-14-16(31(22(14)37)46(41,42)43)9-27-20(36)6-5-13(32)4-3-12-7-17(33)19(35)10-30(12)40/h7,10-11,14,16,35,40H,3-6,8-9H2,1-2H3,(H2,26,28)(H,27,36)(H,38,39)(H,41,42,43)/b29-21-/t14-,16+/m0/s1. The van der Waals surface area contributed by atoms with Gasteiger partial charge in [-0.3, -0.25) is 28.5 Å². The average molecular weight is 687 g/mol. The Hall–Kier alpha value is -4.89. The molecule has 2 aromatic rings. The zero-order valence-electron chi connectivity index (χ0n) is 24.3. The SMILES string of the molecule is CC(C)(O/N=C(\C(=O)C[C@@H]1C(=O)N(S(=O)(=O)O)[C@@H]1CNC(=O)CCC(=O)CCc1cc(=O)c(O)cn1O)c1csc(N)n1)C(=O)O. The molecular formula is C25H30N6O13S2. The van der Waals surface area contributed by atoms with E-state index in [1.54, 1.807) is 0 Å². The van der Waals surface area contributed by atoms with Gasteiger partial charge < -0.3 is 31.3 Å². The van der Waals surface area contributed by atoms with E-state index >= 15 is 0 Å². The fourth-order valence-electron chi connectivity index (χ4n) is 4.13. The van der Waals surface area contributed by atoms with Crippen molar-refractivity contribution in [2.75, 3.05) is 12.3 Å². The summed E-state index contributed by atoms with van der Waals surface area (Å²) in [6.07, 6.45) is -0.825. The van der Waals surface area contributed by atoms with Crippen LogP contribution in [0.1, 0.15) is 50.9 Å². The van der Waals surface area contributed by atoms with Crippen LogP contribution < -0.4 is 16.5 Å². The first kappa shape index (κ1) is 35.6. The number of ketones is 2. The molecule has 2 amide bonds. The van der Waals surface area contributed by atoms with Crippen molar-refractivity contribution in [2.45, 2.75) is 57.6 Å². The number of thiazole rings is 1. The molecule has 0 unspecified atom stereocenters. The number of oxime groups is 1. The van der Waals surface area contributed by atoms with E-state index in [4.69, 9.17) is 10.6 Å². The Morgan fingerprint density at radius 2 is 1.87 bits per heavy atom. The van der Waals surface area contributed by atoms with E-state index in [2.05, 4.69) is 15.5 Å². The number of nitrogens with zero attached hydrogens (tertiary/aromatic N) is 4. The Kier molecular flexibility index (Phi) is 10.9. The zero-order valence-corrected chi connectivity index (χ0v) is 25.9. The summed E-state index contributed by atoms with van der Waals surface area (Å²) >= 11 is 0.923. The molecular weight excluding hydrogens is 656 g/mol. The molecule has 250 valence electrons. The predicted octanol–water partition coefficient (Wildman–Crippen LogP) is -0.899. The minimum Gasteiger partial charge on any atom is -0.503 e. The van der Waals surface area contributed by atoms with Crippen molar-refractivity contribution in [1.82, 2.24) is 19.3 Å². The second kappa shape index (κ2) is 14.0. The van der Waals surface area contributed by atoms with Gasteiger partial charge in [-0.2, -0.15) is 13.1 Å². The van der Waals surface area contributed by atoms with Gasteiger partial charge in [-0.05, 0) is 20.3 Å². The smallest absolute Gasteiger partial charge is 0.362 e. The van der Waals surface area contributed by atoms with E-state index in [0.29, 0.717) is 4.73 Å². The van der Waals surface area contributed by atoms with Crippen LogP contribution >= 0.6 is 11.3 Å². The Balaban J connectivity index is 1.65. The maximum absolute atomic E-state index is 13.2. The summed E-state index contributed by atoms with van der Waals surface area (Å²) in [5.41, 5.74) is 2.43. The number of anilines is 1. The highest BCUT2D eigenvalue weighted by molar-refractivity contribution is 7.84. The van der Waals surface area contributed by atoms with Crippen LogP contribution in [0.25, 0.3) is 0 Å². The Labute approximate surface area is 264 Å². The molecule has 1 fully saturated rings. The molecule has 0 spiro atoms. The first-order chi connectivity index (χ1) is 21.3. The van der Waals surface area contributed by atoms with Gasteiger partial charge in [0.1, 0.15) is 11.5 Å². The third-order valence-electron chi connectivity index (χ3n) is 6.75. The number of aryl methyl sites for hydroxylation is 1. The van der Waals surface area contributed by atoms with Crippen LogP contribution in [0.3, 0.4) is 0 Å². The third-order valence-corrected chi connectivity index (χ3v) is 8.37. The van der Waals surface area contributed by atoms with Gasteiger partial charge in [-0.1, -0.05) is 5.16 Å². The van der Waals surface area contributed by atoms with Crippen molar-refractivity contribution in [3.05, 3.63) is 39.3 Å². The lowest BCUT2D eigenvalue weighted by molar-refractivity contribution is -0.161. The molecule has 19 nitrogen and oxygen atoms in total. The summed E-state index contributed by atoms with van der Waals surface area (Å²) in [6.45, 7) is 1.77. The molecule has 0 radical (unpaired) electrons. The van der Waals surface area contributed by atoms with Crippen LogP contribution in [0.15, 0.2) is 27.6 Å². The molecule has 1 aliphatic heterocycles. The molecule has 3 heterocycles. The molecule has 0 aromatic carbocycles. The number of nitrogens with two attached hydrogens (primary N) is 1. The Morgan fingerprint density at radius 1 is 1.20 bits per heavy atom. The fourth-order valence-corrected chi connectivity index (χ4v) is 5.61. The number of aromatic nitrogens is 2. The number of β-lactam (4-membered cyclic amide) rings is 1. The summed E-state index contributed by atoms with van der Waals surface area (Å²) < 4.78 is 33.8. The van der Waals surface area contributed by atoms with Gasteiger partial charge in [0.05, 0.1) is 23.9 Å². The minimum atomic E-state index is -5.10. The lowest BCUT2D eigenvalue weighted by Crippen LogP contribution is -2.66. The number of hydrogen-bond donors (Lipinski definition) is 6. The number of carboxylic acids is 1. The van der Waals surface area contributed by atoms with Crippen LogP contribution in [0.4, 0.5) is 5.13 Å². The summed E-state index contributed by atoms with van der Waals surface area (Å²) in [5, 5.41) is 35.7. The molecule has 3 rings (SSSR count). The predicted molar refractivity (Wildman–Crippen MR) is 156 cm³/mol. The van der Waals surface area contributed by atoms with E-state index in [-0.39, 0.29) is 46.5 Å². The van der Waals surface area contributed by atoms with Crippen LogP contribution in [-0.2, 0) is 45.5 Å². The first-order valence-electron chi connectivity index (χ1n) is 13.3. The summed E-state index contributed by atoms with van der Waals surface area (Å²) in [4.78, 5) is 82.5. The van der Waals surface area contributed by atoms with E-state index in [1.165, 1.54) is 5.38 Å². The summed E-state index contributed by atoms with van der Waals surface area (Å²) in [7, 11) is -5.10. The van der Waals surface area contributed by atoms with Crippen LogP contribution in [0, 0.1) is 5.92 Å². The quantitative estimate of drug-likeness (QED) is 0.0410. The number of aromatic hydroxyl groups is 1. The van der Waals surface area contributed by atoms with Crippen molar-refractivity contribution >= 4 is 61.8 Å². The third kappa shape index (κ3) is 8.63. The number of aliphatic carboxylic acids is 1. The van der Waals surface area contributed by atoms with Crippen LogP contribution in [0.5, 0.6) is 5.75 Å². The van der Waals surface area contributed by atoms with E-state index in [9.17, 15) is 57.2 Å². The number of carbonyl (C=O) groups excluding carboxylic acids is 4. The number of Topliss-reactive ketones (excluding diaryl/α,β-unsaturated/α-hetero) is 2.